The predicted octanol–water partition coefficient (Wildman–Crippen LogP) is 1.27. The zero-order chi connectivity index (χ0) is 16.9. The van der Waals surface area contributed by atoms with E-state index in [0.29, 0.717) is 13.2 Å². The molecule has 0 saturated carbocycles. The molecule has 2 atom stereocenters. The molecule has 3 rings (SSSR count). The van der Waals surface area contributed by atoms with Crippen LogP contribution in [0.1, 0.15) is 6.92 Å². The lowest BCUT2D eigenvalue weighted by molar-refractivity contribution is -0.130. The van der Waals surface area contributed by atoms with E-state index in [9.17, 15) is 9.59 Å². The molecule has 0 aromatic heterocycles. The minimum Gasteiger partial charge on any atom is -0.375 e. The molecule has 1 saturated heterocycles. The highest BCUT2D eigenvalue weighted by Crippen LogP contribution is 2.22. The van der Waals surface area contributed by atoms with Crippen LogP contribution in [-0.2, 0) is 14.3 Å². The first-order valence-corrected chi connectivity index (χ1v) is 8.05. The third-order valence-electron chi connectivity index (χ3n) is 4.09. The first-order valence-electron chi connectivity index (χ1n) is 8.05. The number of morpholine rings is 1. The maximum absolute atomic E-state index is 12.1. The van der Waals surface area contributed by atoms with E-state index in [1.807, 2.05) is 49.4 Å². The monoisotopic (exact) mass is 327 g/mol. The van der Waals surface area contributed by atoms with Crippen molar-refractivity contribution in [2.45, 2.75) is 19.1 Å². The molecule has 1 aliphatic rings. The number of carbonyl (C=O) groups is 2. The van der Waals surface area contributed by atoms with Crippen molar-refractivity contribution in [2.24, 2.45) is 0 Å². The van der Waals surface area contributed by atoms with Crippen LogP contribution in [-0.4, -0.2) is 43.7 Å². The molecular formula is C18H21N3O3. The van der Waals surface area contributed by atoms with Gasteiger partial charge in [0.15, 0.2) is 0 Å². The molecular weight excluding hydrogens is 306 g/mol. The second-order valence-corrected chi connectivity index (χ2v) is 5.80. The van der Waals surface area contributed by atoms with Crippen molar-refractivity contribution in [3.8, 4) is 0 Å². The van der Waals surface area contributed by atoms with Crippen LogP contribution in [0.2, 0.25) is 0 Å². The van der Waals surface area contributed by atoms with Crippen molar-refractivity contribution in [3.05, 3.63) is 42.5 Å². The lowest BCUT2D eigenvalue weighted by Crippen LogP contribution is -2.56. The van der Waals surface area contributed by atoms with Crippen molar-refractivity contribution in [1.29, 1.82) is 0 Å². The number of amides is 2. The molecule has 2 amide bonds. The van der Waals surface area contributed by atoms with Gasteiger partial charge in [0.2, 0.25) is 11.8 Å². The standard InChI is InChI=1S/C18H21N3O3/c1-12-17(19-9-10-24-12)18(23)20-11-16(22)21-15-8-4-6-13-5-2-3-7-14(13)15/h2-8,12,17,19H,9-11H2,1H3,(H,20,23)(H,21,22)/t12-,17+/m1/s1. The first kappa shape index (κ1) is 16.4. The average molecular weight is 327 g/mol. The van der Waals surface area contributed by atoms with Crippen LogP contribution in [0, 0.1) is 0 Å². The number of carbonyl (C=O) groups excluding carboxylic acids is 2. The Hall–Kier alpha value is -2.44. The quantitative estimate of drug-likeness (QED) is 0.790. The summed E-state index contributed by atoms with van der Waals surface area (Å²) in [5.74, 6) is -0.487. The van der Waals surface area contributed by atoms with E-state index < -0.39 is 6.04 Å². The molecule has 126 valence electrons. The smallest absolute Gasteiger partial charge is 0.243 e. The molecule has 0 bridgehead atoms. The topological polar surface area (TPSA) is 79.5 Å². The van der Waals surface area contributed by atoms with Crippen LogP contribution in [0.3, 0.4) is 0 Å². The average Bonchev–Trinajstić information content (AvgIpc) is 2.60. The van der Waals surface area contributed by atoms with Gasteiger partial charge in [0.25, 0.3) is 0 Å². The molecule has 3 N–H and O–H groups in total. The Morgan fingerprint density at radius 2 is 2.00 bits per heavy atom. The molecule has 24 heavy (non-hydrogen) atoms. The summed E-state index contributed by atoms with van der Waals surface area (Å²) < 4.78 is 5.44. The molecule has 2 aromatic carbocycles. The minimum absolute atomic E-state index is 0.0764. The van der Waals surface area contributed by atoms with Gasteiger partial charge in [-0.2, -0.15) is 0 Å². The summed E-state index contributed by atoms with van der Waals surface area (Å²) >= 11 is 0. The normalized spacial score (nSPS) is 20.5. The van der Waals surface area contributed by atoms with Gasteiger partial charge in [-0.05, 0) is 18.4 Å². The number of fused-ring (bicyclic) bond motifs is 1. The highest BCUT2D eigenvalue weighted by atomic mass is 16.5. The molecule has 6 heteroatoms. The second-order valence-electron chi connectivity index (χ2n) is 5.80. The molecule has 0 aliphatic carbocycles. The van der Waals surface area contributed by atoms with Gasteiger partial charge in [0.05, 0.1) is 19.3 Å². The van der Waals surface area contributed by atoms with Crippen LogP contribution in [0.25, 0.3) is 10.8 Å². The molecule has 1 heterocycles. The molecule has 6 nitrogen and oxygen atoms in total. The van der Waals surface area contributed by atoms with Crippen LogP contribution >= 0.6 is 0 Å². The Morgan fingerprint density at radius 3 is 2.83 bits per heavy atom. The lowest BCUT2D eigenvalue weighted by Gasteiger charge is -2.29. The highest BCUT2D eigenvalue weighted by Gasteiger charge is 2.28. The van der Waals surface area contributed by atoms with Crippen LogP contribution in [0.4, 0.5) is 5.69 Å². The summed E-state index contributed by atoms with van der Waals surface area (Å²) in [7, 11) is 0. The second kappa shape index (κ2) is 7.42. The Kier molecular flexibility index (Phi) is 5.08. The Morgan fingerprint density at radius 1 is 1.21 bits per heavy atom. The summed E-state index contributed by atoms with van der Waals surface area (Å²) in [4.78, 5) is 24.3. The van der Waals surface area contributed by atoms with Gasteiger partial charge in [-0.25, -0.2) is 0 Å². The van der Waals surface area contributed by atoms with Gasteiger partial charge in [-0.1, -0.05) is 36.4 Å². The fourth-order valence-electron chi connectivity index (χ4n) is 2.83. The molecule has 1 aliphatic heterocycles. The third kappa shape index (κ3) is 3.72. The van der Waals surface area contributed by atoms with Gasteiger partial charge in [-0.15, -0.1) is 0 Å². The van der Waals surface area contributed by atoms with Crippen LogP contribution in [0.15, 0.2) is 42.5 Å². The highest BCUT2D eigenvalue weighted by molar-refractivity contribution is 6.03. The minimum atomic E-state index is -0.427. The number of hydrogen-bond donors (Lipinski definition) is 3. The zero-order valence-corrected chi connectivity index (χ0v) is 13.5. The van der Waals surface area contributed by atoms with Gasteiger partial charge in [0, 0.05) is 17.6 Å². The number of ether oxygens (including phenoxy) is 1. The van der Waals surface area contributed by atoms with Gasteiger partial charge >= 0.3 is 0 Å². The third-order valence-corrected chi connectivity index (χ3v) is 4.09. The SMILES string of the molecule is C[C@H]1OCCN[C@@H]1C(=O)NCC(=O)Nc1cccc2ccccc12. The number of nitrogens with one attached hydrogen (secondary N) is 3. The molecule has 2 aromatic rings. The van der Waals surface area contributed by atoms with E-state index in [4.69, 9.17) is 4.74 Å². The molecule has 1 fully saturated rings. The van der Waals surface area contributed by atoms with Gasteiger partial charge in [-0.3, -0.25) is 9.59 Å². The number of rotatable bonds is 4. The molecule has 0 radical (unpaired) electrons. The van der Waals surface area contributed by atoms with E-state index in [0.717, 1.165) is 16.5 Å². The van der Waals surface area contributed by atoms with Crippen LogP contribution in [0.5, 0.6) is 0 Å². The summed E-state index contributed by atoms with van der Waals surface area (Å²) in [6.45, 7) is 2.98. The van der Waals surface area contributed by atoms with Crippen molar-refractivity contribution in [3.63, 3.8) is 0 Å². The van der Waals surface area contributed by atoms with Gasteiger partial charge in [0.1, 0.15) is 6.04 Å². The lowest BCUT2D eigenvalue weighted by atomic mass is 10.1. The van der Waals surface area contributed by atoms with E-state index in [2.05, 4.69) is 16.0 Å². The predicted molar refractivity (Wildman–Crippen MR) is 92.8 cm³/mol. The van der Waals surface area contributed by atoms with Gasteiger partial charge < -0.3 is 20.7 Å². The van der Waals surface area contributed by atoms with E-state index in [-0.39, 0.29) is 24.5 Å². The Balaban J connectivity index is 1.58. The summed E-state index contributed by atoms with van der Waals surface area (Å²) in [5, 5.41) is 10.6. The largest absolute Gasteiger partial charge is 0.375 e. The fourth-order valence-corrected chi connectivity index (χ4v) is 2.83. The first-order chi connectivity index (χ1) is 11.6. The van der Waals surface area contributed by atoms with Crippen LogP contribution < -0.4 is 16.0 Å². The number of benzene rings is 2. The Labute approximate surface area is 140 Å². The molecule has 0 unspecified atom stereocenters. The maximum Gasteiger partial charge on any atom is 0.243 e. The van der Waals surface area contributed by atoms with Crippen molar-refractivity contribution < 1.29 is 14.3 Å². The van der Waals surface area contributed by atoms with E-state index >= 15 is 0 Å². The number of anilines is 1. The van der Waals surface area contributed by atoms with E-state index in [1.165, 1.54) is 0 Å². The number of hydrogen-bond acceptors (Lipinski definition) is 4. The zero-order valence-electron chi connectivity index (χ0n) is 13.5. The summed E-state index contributed by atoms with van der Waals surface area (Å²) in [5.41, 5.74) is 0.736. The maximum atomic E-state index is 12.1. The van der Waals surface area contributed by atoms with Crippen molar-refractivity contribution in [2.75, 3.05) is 25.0 Å². The van der Waals surface area contributed by atoms with Crippen molar-refractivity contribution >= 4 is 28.3 Å². The Bertz CT molecular complexity index is 742. The van der Waals surface area contributed by atoms with E-state index in [1.54, 1.807) is 0 Å². The summed E-state index contributed by atoms with van der Waals surface area (Å²) in [6.07, 6.45) is -0.208. The fraction of sp³-hybridized carbons (Fsp3) is 0.333. The summed E-state index contributed by atoms with van der Waals surface area (Å²) in [6, 6.07) is 13.1. The van der Waals surface area contributed by atoms with Crippen molar-refractivity contribution in [1.82, 2.24) is 10.6 Å². The molecule has 0 spiro atoms.